The van der Waals surface area contributed by atoms with E-state index in [-0.39, 0.29) is 6.54 Å². The molecule has 0 fully saturated rings. The molecule has 2 nitrogen and oxygen atoms in total. The van der Waals surface area contributed by atoms with Crippen molar-refractivity contribution in [1.29, 1.82) is 0 Å². The van der Waals surface area contributed by atoms with Crippen molar-refractivity contribution >= 4 is 10.8 Å². The van der Waals surface area contributed by atoms with Crippen molar-refractivity contribution in [2.24, 2.45) is 0 Å². The maximum Gasteiger partial charge on any atom is 0.244 e. The second kappa shape index (κ2) is 4.12. The normalized spacial score (nSPS) is 12.3. The van der Waals surface area contributed by atoms with Crippen molar-refractivity contribution in [3.8, 4) is 0 Å². The molecule has 1 N–H and O–H groups in total. The monoisotopic (exact) mass is 197 g/mol. The van der Waals surface area contributed by atoms with Crippen LogP contribution in [0.2, 0.25) is 0 Å². The Kier molecular flexibility index (Phi) is 2.66. The van der Waals surface area contributed by atoms with Gasteiger partial charge in [0.25, 0.3) is 0 Å². The fraction of sp³-hybridized carbons (Fsp3) is 0.154. The summed E-state index contributed by atoms with van der Waals surface area (Å²) in [6, 6.07) is 13.8. The summed E-state index contributed by atoms with van der Waals surface area (Å²) in [5.74, 6) is 0. The Morgan fingerprint density at radius 3 is 2.60 bits per heavy atom. The van der Waals surface area contributed by atoms with E-state index in [1.165, 1.54) is 0 Å². The number of aliphatic hydroxyl groups is 1. The van der Waals surface area contributed by atoms with Gasteiger partial charge in [-0.3, -0.25) is 0 Å². The number of nitrogens with zero attached hydrogens (tertiary/aromatic N) is 1. The van der Waals surface area contributed by atoms with Gasteiger partial charge in [0.15, 0.2) is 6.10 Å². The van der Waals surface area contributed by atoms with E-state index in [0.29, 0.717) is 0 Å². The third kappa shape index (κ3) is 1.98. The van der Waals surface area contributed by atoms with Crippen LogP contribution >= 0.6 is 0 Å². The molecule has 2 rings (SSSR count). The van der Waals surface area contributed by atoms with Gasteiger partial charge in [-0.1, -0.05) is 36.4 Å². The number of aliphatic hydroxyl groups excluding tert-OH is 1. The Balaban J connectivity index is 2.43. The molecule has 0 bridgehead atoms. The first-order valence-electron chi connectivity index (χ1n) is 4.81. The topological polar surface area (TPSA) is 24.6 Å². The summed E-state index contributed by atoms with van der Waals surface area (Å²) in [6.07, 6.45) is -0.674. The van der Waals surface area contributed by atoms with Crippen LogP contribution in [0.25, 0.3) is 15.6 Å². The number of hydrogen-bond donors (Lipinski definition) is 1. The van der Waals surface area contributed by atoms with Gasteiger partial charge in [-0.15, -0.1) is 0 Å². The molecule has 0 saturated carbocycles. The van der Waals surface area contributed by atoms with Crippen molar-refractivity contribution in [3.63, 3.8) is 0 Å². The maximum absolute atomic E-state index is 9.67. The Labute approximate surface area is 88.6 Å². The molecule has 0 aliphatic heterocycles. The smallest absolute Gasteiger partial charge is 0.244 e. The molecule has 0 radical (unpaired) electrons. The van der Waals surface area contributed by atoms with Gasteiger partial charge in [0.2, 0.25) is 6.54 Å². The minimum absolute atomic E-state index is 0.123. The van der Waals surface area contributed by atoms with E-state index in [4.69, 9.17) is 6.57 Å². The highest BCUT2D eigenvalue weighted by molar-refractivity contribution is 5.83. The fourth-order valence-corrected chi connectivity index (χ4v) is 1.61. The molecular weight excluding hydrogens is 186 g/mol. The molecule has 0 aromatic heterocycles. The Morgan fingerprint density at radius 1 is 1.13 bits per heavy atom. The highest BCUT2D eigenvalue weighted by Crippen LogP contribution is 2.20. The summed E-state index contributed by atoms with van der Waals surface area (Å²) in [6.45, 7) is 6.83. The molecule has 1 atom stereocenters. The molecule has 2 aromatic rings. The molecule has 0 saturated heterocycles. The van der Waals surface area contributed by atoms with Crippen molar-refractivity contribution in [3.05, 3.63) is 59.4 Å². The zero-order valence-corrected chi connectivity index (χ0v) is 8.22. The number of hydrogen-bond acceptors (Lipinski definition) is 1. The molecule has 0 amide bonds. The lowest BCUT2D eigenvalue weighted by atomic mass is 10.0. The van der Waals surface area contributed by atoms with Crippen molar-refractivity contribution in [2.75, 3.05) is 6.54 Å². The molecule has 74 valence electrons. The average Bonchev–Trinajstić information content (AvgIpc) is 2.29. The van der Waals surface area contributed by atoms with Crippen LogP contribution in [0.1, 0.15) is 11.7 Å². The van der Waals surface area contributed by atoms with Gasteiger partial charge in [0.05, 0.1) is 0 Å². The van der Waals surface area contributed by atoms with E-state index >= 15 is 0 Å². The predicted molar refractivity (Wildman–Crippen MR) is 60.4 cm³/mol. The first kappa shape index (κ1) is 9.70. The van der Waals surface area contributed by atoms with E-state index < -0.39 is 6.10 Å². The predicted octanol–water partition coefficient (Wildman–Crippen LogP) is 2.79. The minimum Gasteiger partial charge on any atom is -0.381 e. The first-order chi connectivity index (χ1) is 7.31. The van der Waals surface area contributed by atoms with Crippen LogP contribution in [0, 0.1) is 6.57 Å². The average molecular weight is 197 g/mol. The van der Waals surface area contributed by atoms with E-state index in [1.807, 2.05) is 42.5 Å². The lowest BCUT2D eigenvalue weighted by molar-refractivity contribution is 0.195. The maximum atomic E-state index is 9.67. The quantitative estimate of drug-likeness (QED) is 0.735. The van der Waals surface area contributed by atoms with Crippen LogP contribution in [0.3, 0.4) is 0 Å². The molecule has 0 aliphatic rings. The van der Waals surface area contributed by atoms with E-state index in [1.54, 1.807) is 0 Å². The van der Waals surface area contributed by atoms with Gasteiger partial charge in [0.1, 0.15) is 0 Å². The lowest BCUT2D eigenvalue weighted by Gasteiger charge is -2.05. The van der Waals surface area contributed by atoms with Crippen LogP contribution in [0.4, 0.5) is 0 Å². The largest absolute Gasteiger partial charge is 0.381 e. The Morgan fingerprint density at radius 2 is 1.87 bits per heavy atom. The number of rotatable bonds is 2. The Bertz CT molecular complexity index is 513. The molecule has 0 aliphatic carbocycles. The second-order valence-electron chi connectivity index (χ2n) is 3.46. The van der Waals surface area contributed by atoms with Crippen LogP contribution in [-0.4, -0.2) is 11.7 Å². The lowest BCUT2D eigenvalue weighted by Crippen LogP contribution is -1.99. The molecular formula is C13H11NO. The third-order valence-electron chi connectivity index (χ3n) is 2.42. The van der Waals surface area contributed by atoms with Gasteiger partial charge in [-0.2, -0.15) is 0 Å². The minimum atomic E-state index is -0.674. The highest BCUT2D eigenvalue weighted by atomic mass is 16.3. The summed E-state index contributed by atoms with van der Waals surface area (Å²) in [5, 5.41) is 11.9. The van der Waals surface area contributed by atoms with Crippen molar-refractivity contribution in [2.45, 2.75) is 6.10 Å². The zero-order valence-electron chi connectivity index (χ0n) is 8.22. The molecule has 15 heavy (non-hydrogen) atoms. The van der Waals surface area contributed by atoms with Gasteiger partial charge in [-0.05, 0) is 22.4 Å². The van der Waals surface area contributed by atoms with Crippen LogP contribution in [-0.2, 0) is 0 Å². The zero-order chi connectivity index (χ0) is 10.7. The van der Waals surface area contributed by atoms with E-state index in [2.05, 4.69) is 4.85 Å². The van der Waals surface area contributed by atoms with Gasteiger partial charge < -0.3 is 9.95 Å². The van der Waals surface area contributed by atoms with Gasteiger partial charge in [0, 0.05) is 0 Å². The van der Waals surface area contributed by atoms with Crippen LogP contribution in [0.15, 0.2) is 42.5 Å². The number of benzene rings is 2. The second-order valence-corrected chi connectivity index (χ2v) is 3.46. The van der Waals surface area contributed by atoms with E-state index in [0.717, 1.165) is 16.3 Å². The molecule has 2 aromatic carbocycles. The van der Waals surface area contributed by atoms with E-state index in [9.17, 15) is 5.11 Å². The third-order valence-corrected chi connectivity index (χ3v) is 2.42. The highest BCUT2D eigenvalue weighted by Gasteiger charge is 2.09. The van der Waals surface area contributed by atoms with Crippen LogP contribution < -0.4 is 0 Å². The standard InChI is InChI=1S/C13H11NO/c1-14-9-13(15)12-7-6-10-4-2-3-5-11(10)8-12/h2-8,13,15H,9H2. The van der Waals surface area contributed by atoms with Crippen LogP contribution in [0.5, 0.6) is 0 Å². The molecule has 0 spiro atoms. The Hall–Kier alpha value is -1.85. The molecule has 1 unspecified atom stereocenters. The summed E-state index contributed by atoms with van der Waals surface area (Å²) < 4.78 is 0. The number of fused-ring (bicyclic) bond motifs is 1. The first-order valence-corrected chi connectivity index (χ1v) is 4.81. The van der Waals surface area contributed by atoms with Crippen molar-refractivity contribution in [1.82, 2.24) is 0 Å². The SMILES string of the molecule is [C-]#[N+]CC(O)c1ccc2ccccc2c1. The molecule has 2 heteroatoms. The van der Waals surface area contributed by atoms with Gasteiger partial charge in [-0.25, -0.2) is 6.57 Å². The summed E-state index contributed by atoms with van der Waals surface area (Å²) >= 11 is 0. The molecule has 0 heterocycles. The summed E-state index contributed by atoms with van der Waals surface area (Å²) in [5.41, 5.74) is 0.810. The van der Waals surface area contributed by atoms with Crippen molar-refractivity contribution < 1.29 is 5.11 Å². The fourth-order valence-electron chi connectivity index (χ4n) is 1.61. The summed E-state index contributed by atoms with van der Waals surface area (Å²) in [4.78, 5) is 3.19. The summed E-state index contributed by atoms with van der Waals surface area (Å²) in [7, 11) is 0. The van der Waals surface area contributed by atoms with Gasteiger partial charge >= 0.3 is 0 Å².